The van der Waals surface area contributed by atoms with E-state index in [2.05, 4.69) is 10.4 Å². The summed E-state index contributed by atoms with van der Waals surface area (Å²) in [5.41, 5.74) is 1.72. The van der Waals surface area contributed by atoms with Crippen LogP contribution in [0.5, 0.6) is 11.5 Å². The molecule has 1 N–H and O–H groups in total. The first kappa shape index (κ1) is 17.4. The van der Waals surface area contributed by atoms with Crippen LogP contribution in [-0.2, 0) is 6.54 Å². The fourth-order valence-corrected chi connectivity index (χ4v) is 2.95. The zero-order chi connectivity index (χ0) is 18.8. The van der Waals surface area contributed by atoms with E-state index in [0.717, 1.165) is 5.56 Å². The number of nitrogens with one attached hydrogen (secondary N) is 1. The number of halogens is 2. The quantitative estimate of drug-likeness (QED) is 0.740. The molecule has 4 rings (SSSR count). The molecular formula is C19H15ClFN3O3. The van der Waals surface area contributed by atoms with E-state index in [-0.39, 0.29) is 5.91 Å². The number of fused-ring (bicyclic) bond motifs is 1. The van der Waals surface area contributed by atoms with E-state index in [4.69, 9.17) is 21.1 Å². The number of carbonyl (C=O) groups is 1. The van der Waals surface area contributed by atoms with E-state index >= 15 is 0 Å². The third kappa shape index (κ3) is 3.88. The van der Waals surface area contributed by atoms with E-state index in [9.17, 15) is 9.18 Å². The first-order valence-electron chi connectivity index (χ1n) is 8.26. The van der Waals surface area contributed by atoms with Crippen molar-refractivity contribution in [3.8, 4) is 11.5 Å². The minimum atomic E-state index is -0.392. The van der Waals surface area contributed by atoms with Gasteiger partial charge in [0.1, 0.15) is 19.0 Å². The molecular weight excluding hydrogens is 373 g/mol. The highest BCUT2D eigenvalue weighted by molar-refractivity contribution is 6.31. The standard InChI is InChI=1S/C19H15ClFN3O3/c20-16-8-14(21)3-1-13(16)10-24-11-15(9-22-24)23-19(25)12-2-4-17-18(7-12)27-6-5-26-17/h1-4,7-9,11H,5-6,10H2,(H,23,25). The molecule has 2 aromatic carbocycles. The average molecular weight is 388 g/mol. The topological polar surface area (TPSA) is 65.4 Å². The van der Waals surface area contributed by atoms with Crippen LogP contribution in [0.4, 0.5) is 10.1 Å². The van der Waals surface area contributed by atoms with Gasteiger partial charge in [-0.1, -0.05) is 17.7 Å². The van der Waals surface area contributed by atoms with Crippen molar-refractivity contribution in [1.82, 2.24) is 9.78 Å². The number of ether oxygens (including phenoxy) is 2. The molecule has 138 valence electrons. The summed E-state index contributed by atoms with van der Waals surface area (Å²) in [6.45, 7) is 1.31. The van der Waals surface area contributed by atoms with Gasteiger partial charge in [-0.3, -0.25) is 9.48 Å². The minimum Gasteiger partial charge on any atom is -0.486 e. The third-order valence-electron chi connectivity index (χ3n) is 4.04. The monoisotopic (exact) mass is 387 g/mol. The highest BCUT2D eigenvalue weighted by atomic mass is 35.5. The first-order chi connectivity index (χ1) is 13.1. The van der Waals surface area contributed by atoms with Gasteiger partial charge in [0.05, 0.1) is 18.4 Å². The van der Waals surface area contributed by atoms with Gasteiger partial charge in [0, 0.05) is 16.8 Å². The van der Waals surface area contributed by atoms with Crippen LogP contribution in [-0.4, -0.2) is 28.9 Å². The Balaban J connectivity index is 1.45. The largest absolute Gasteiger partial charge is 0.486 e. The van der Waals surface area contributed by atoms with E-state index in [1.54, 1.807) is 35.1 Å². The molecule has 0 bridgehead atoms. The van der Waals surface area contributed by atoms with Crippen molar-refractivity contribution in [1.29, 1.82) is 0 Å². The Kier molecular flexibility index (Phi) is 4.68. The van der Waals surface area contributed by atoms with Gasteiger partial charge in [0.25, 0.3) is 5.91 Å². The number of benzene rings is 2. The van der Waals surface area contributed by atoms with Crippen LogP contribution in [0.1, 0.15) is 15.9 Å². The summed E-state index contributed by atoms with van der Waals surface area (Å²) in [4.78, 5) is 12.5. The van der Waals surface area contributed by atoms with Crippen molar-refractivity contribution in [3.63, 3.8) is 0 Å². The predicted molar refractivity (Wildman–Crippen MR) is 98.1 cm³/mol. The van der Waals surface area contributed by atoms with Gasteiger partial charge in [-0.15, -0.1) is 0 Å². The van der Waals surface area contributed by atoms with Crippen molar-refractivity contribution in [3.05, 3.63) is 70.8 Å². The maximum atomic E-state index is 13.1. The summed E-state index contributed by atoms with van der Waals surface area (Å²) in [5.74, 6) is 0.500. The van der Waals surface area contributed by atoms with Gasteiger partial charge in [-0.25, -0.2) is 4.39 Å². The highest BCUT2D eigenvalue weighted by Gasteiger charge is 2.15. The van der Waals surface area contributed by atoms with Crippen LogP contribution in [0.3, 0.4) is 0 Å². The molecule has 1 aromatic heterocycles. The summed E-state index contributed by atoms with van der Waals surface area (Å²) < 4.78 is 25.7. The average Bonchev–Trinajstić information content (AvgIpc) is 3.10. The number of amides is 1. The highest BCUT2D eigenvalue weighted by Crippen LogP contribution is 2.31. The van der Waals surface area contributed by atoms with Crippen molar-refractivity contribution in [2.24, 2.45) is 0 Å². The van der Waals surface area contributed by atoms with Crippen molar-refractivity contribution in [2.75, 3.05) is 18.5 Å². The lowest BCUT2D eigenvalue weighted by atomic mass is 10.2. The molecule has 1 aliphatic heterocycles. The van der Waals surface area contributed by atoms with Gasteiger partial charge >= 0.3 is 0 Å². The Morgan fingerprint density at radius 2 is 2.00 bits per heavy atom. The second-order valence-electron chi connectivity index (χ2n) is 5.97. The molecule has 0 unspecified atom stereocenters. The number of hydrogen-bond donors (Lipinski definition) is 1. The summed E-state index contributed by atoms with van der Waals surface area (Å²) in [6, 6.07) is 9.23. The maximum absolute atomic E-state index is 13.1. The van der Waals surface area contributed by atoms with Gasteiger partial charge < -0.3 is 14.8 Å². The van der Waals surface area contributed by atoms with Crippen LogP contribution in [0, 0.1) is 5.82 Å². The van der Waals surface area contributed by atoms with E-state index < -0.39 is 5.82 Å². The summed E-state index contributed by atoms with van der Waals surface area (Å²) in [7, 11) is 0. The fraction of sp³-hybridized carbons (Fsp3) is 0.158. The molecule has 6 nitrogen and oxygen atoms in total. The number of carbonyl (C=O) groups excluding carboxylic acids is 1. The van der Waals surface area contributed by atoms with Crippen LogP contribution < -0.4 is 14.8 Å². The zero-order valence-electron chi connectivity index (χ0n) is 14.1. The molecule has 0 saturated heterocycles. The number of aromatic nitrogens is 2. The molecule has 0 aliphatic carbocycles. The van der Waals surface area contributed by atoms with Crippen molar-refractivity contribution >= 4 is 23.2 Å². The molecule has 1 aliphatic rings. The number of anilines is 1. The van der Waals surface area contributed by atoms with Gasteiger partial charge in [-0.2, -0.15) is 5.10 Å². The third-order valence-corrected chi connectivity index (χ3v) is 4.39. The van der Waals surface area contributed by atoms with Gasteiger partial charge in [0.15, 0.2) is 11.5 Å². The second-order valence-corrected chi connectivity index (χ2v) is 6.38. The molecule has 8 heteroatoms. The van der Waals surface area contributed by atoms with Crippen LogP contribution >= 0.6 is 11.6 Å². The lowest BCUT2D eigenvalue weighted by Gasteiger charge is -2.18. The Morgan fingerprint density at radius 1 is 1.19 bits per heavy atom. The Hall–Kier alpha value is -3.06. The van der Waals surface area contributed by atoms with E-state index in [1.807, 2.05) is 0 Å². The summed E-state index contributed by atoms with van der Waals surface area (Å²) in [6.07, 6.45) is 3.21. The fourth-order valence-electron chi connectivity index (χ4n) is 2.73. The molecule has 0 fully saturated rings. The van der Waals surface area contributed by atoms with E-state index in [0.29, 0.717) is 47.5 Å². The van der Waals surface area contributed by atoms with Crippen LogP contribution in [0.25, 0.3) is 0 Å². The van der Waals surface area contributed by atoms with Crippen LogP contribution in [0.2, 0.25) is 5.02 Å². The Morgan fingerprint density at radius 3 is 2.81 bits per heavy atom. The number of rotatable bonds is 4. The first-order valence-corrected chi connectivity index (χ1v) is 8.64. The van der Waals surface area contributed by atoms with Gasteiger partial charge in [0.2, 0.25) is 0 Å². The lowest BCUT2D eigenvalue weighted by molar-refractivity contribution is 0.102. The SMILES string of the molecule is O=C(Nc1cnn(Cc2ccc(F)cc2Cl)c1)c1ccc2c(c1)OCCO2. The smallest absolute Gasteiger partial charge is 0.255 e. The lowest BCUT2D eigenvalue weighted by Crippen LogP contribution is -2.17. The molecule has 0 spiro atoms. The second kappa shape index (κ2) is 7.28. The van der Waals surface area contributed by atoms with E-state index in [1.165, 1.54) is 18.3 Å². The normalized spacial score (nSPS) is 12.7. The zero-order valence-corrected chi connectivity index (χ0v) is 14.9. The maximum Gasteiger partial charge on any atom is 0.255 e. The Bertz CT molecular complexity index is 1010. The van der Waals surface area contributed by atoms with Crippen molar-refractivity contribution < 1.29 is 18.7 Å². The molecule has 27 heavy (non-hydrogen) atoms. The molecule has 0 atom stereocenters. The molecule has 0 saturated carbocycles. The number of nitrogens with zero attached hydrogens (tertiary/aromatic N) is 2. The molecule has 3 aromatic rings. The molecule has 1 amide bonds. The minimum absolute atomic E-state index is 0.286. The summed E-state index contributed by atoms with van der Waals surface area (Å²) >= 11 is 6.04. The molecule has 2 heterocycles. The number of hydrogen-bond acceptors (Lipinski definition) is 4. The predicted octanol–water partition coefficient (Wildman–Crippen LogP) is 3.75. The van der Waals surface area contributed by atoms with Crippen molar-refractivity contribution in [2.45, 2.75) is 6.54 Å². The van der Waals surface area contributed by atoms with Gasteiger partial charge in [-0.05, 0) is 35.9 Å². The molecule has 0 radical (unpaired) electrons. The summed E-state index contributed by atoms with van der Waals surface area (Å²) in [5, 5.41) is 7.31. The van der Waals surface area contributed by atoms with Crippen LogP contribution in [0.15, 0.2) is 48.8 Å². The Labute approximate surface area is 159 Å².